The fourth-order valence-corrected chi connectivity index (χ4v) is 3.19. The standard InChI is InChI=1S/C20H26N4O2/c1-16(25)24-11-9-23(10-12-24)15-18-5-3-4-6-19(18)21-14-17-7-8-22(2)20(26)13-17/h3-8,13,21H,9-12,14-15H2,1-2H3. The molecule has 0 aliphatic carbocycles. The number of carbonyl (C=O) groups is 1. The predicted molar refractivity (Wildman–Crippen MR) is 103 cm³/mol. The number of rotatable bonds is 5. The maximum Gasteiger partial charge on any atom is 0.250 e. The number of piperazine rings is 1. The maximum absolute atomic E-state index is 11.8. The Morgan fingerprint density at radius 1 is 1.12 bits per heavy atom. The third kappa shape index (κ3) is 4.52. The van der Waals surface area contributed by atoms with E-state index in [0.29, 0.717) is 6.54 Å². The van der Waals surface area contributed by atoms with E-state index < -0.39 is 0 Å². The number of benzene rings is 1. The molecular weight excluding hydrogens is 328 g/mol. The lowest BCUT2D eigenvalue weighted by atomic mass is 10.1. The zero-order valence-electron chi connectivity index (χ0n) is 15.4. The summed E-state index contributed by atoms with van der Waals surface area (Å²) in [4.78, 5) is 27.5. The highest BCUT2D eigenvalue weighted by molar-refractivity contribution is 5.73. The molecule has 0 bridgehead atoms. The minimum atomic E-state index is 0.000859. The third-order valence-electron chi connectivity index (χ3n) is 4.88. The molecule has 0 saturated carbocycles. The van der Waals surface area contributed by atoms with Gasteiger partial charge in [-0.25, -0.2) is 0 Å². The van der Waals surface area contributed by atoms with Gasteiger partial charge in [0.15, 0.2) is 0 Å². The lowest BCUT2D eigenvalue weighted by Crippen LogP contribution is -2.47. The molecular formula is C20H26N4O2. The first-order valence-electron chi connectivity index (χ1n) is 8.98. The van der Waals surface area contributed by atoms with Gasteiger partial charge < -0.3 is 14.8 Å². The molecule has 1 amide bonds. The van der Waals surface area contributed by atoms with Crippen LogP contribution in [0, 0.1) is 0 Å². The van der Waals surface area contributed by atoms with E-state index in [2.05, 4.69) is 22.3 Å². The van der Waals surface area contributed by atoms with Crippen molar-refractivity contribution in [2.45, 2.75) is 20.0 Å². The number of hydrogen-bond acceptors (Lipinski definition) is 4. The number of nitrogens with zero attached hydrogens (tertiary/aromatic N) is 3. The van der Waals surface area contributed by atoms with E-state index in [1.807, 2.05) is 23.1 Å². The Morgan fingerprint density at radius 3 is 2.54 bits per heavy atom. The van der Waals surface area contributed by atoms with Gasteiger partial charge >= 0.3 is 0 Å². The second-order valence-corrected chi connectivity index (χ2v) is 6.78. The van der Waals surface area contributed by atoms with E-state index in [1.54, 1.807) is 30.8 Å². The third-order valence-corrected chi connectivity index (χ3v) is 4.88. The van der Waals surface area contributed by atoms with Crippen LogP contribution in [0.5, 0.6) is 0 Å². The average Bonchev–Trinajstić information content (AvgIpc) is 2.64. The van der Waals surface area contributed by atoms with Crippen LogP contribution in [-0.4, -0.2) is 46.5 Å². The Morgan fingerprint density at radius 2 is 1.85 bits per heavy atom. The van der Waals surface area contributed by atoms with Crippen LogP contribution in [0.1, 0.15) is 18.1 Å². The van der Waals surface area contributed by atoms with Gasteiger partial charge in [-0.1, -0.05) is 18.2 Å². The fourth-order valence-electron chi connectivity index (χ4n) is 3.19. The van der Waals surface area contributed by atoms with Crippen molar-refractivity contribution in [3.8, 4) is 0 Å². The summed E-state index contributed by atoms with van der Waals surface area (Å²) >= 11 is 0. The van der Waals surface area contributed by atoms with Gasteiger partial charge in [-0.3, -0.25) is 14.5 Å². The van der Waals surface area contributed by atoms with Crippen molar-refractivity contribution in [3.05, 3.63) is 64.1 Å². The van der Waals surface area contributed by atoms with Gasteiger partial charge in [0.25, 0.3) is 5.56 Å². The molecule has 1 aromatic carbocycles. The minimum Gasteiger partial charge on any atom is -0.381 e. The van der Waals surface area contributed by atoms with Gasteiger partial charge in [0.05, 0.1) is 0 Å². The molecule has 2 heterocycles. The topological polar surface area (TPSA) is 57.6 Å². The van der Waals surface area contributed by atoms with E-state index in [0.717, 1.165) is 44.0 Å². The van der Waals surface area contributed by atoms with E-state index in [-0.39, 0.29) is 11.5 Å². The lowest BCUT2D eigenvalue weighted by Gasteiger charge is -2.34. The van der Waals surface area contributed by atoms with Crippen molar-refractivity contribution in [1.29, 1.82) is 0 Å². The average molecular weight is 354 g/mol. The predicted octanol–water partition coefficient (Wildman–Crippen LogP) is 1.66. The van der Waals surface area contributed by atoms with Gasteiger partial charge in [-0.2, -0.15) is 0 Å². The molecule has 26 heavy (non-hydrogen) atoms. The fraction of sp³-hybridized carbons (Fsp3) is 0.400. The van der Waals surface area contributed by atoms with E-state index in [4.69, 9.17) is 0 Å². The molecule has 0 radical (unpaired) electrons. The molecule has 6 heteroatoms. The highest BCUT2D eigenvalue weighted by Gasteiger charge is 2.19. The molecule has 1 N–H and O–H groups in total. The summed E-state index contributed by atoms with van der Waals surface area (Å²) in [6.07, 6.45) is 1.79. The number of aryl methyl sites for hydroxylation is 1. The summed E-state index contributed by atoms with van der Waals surface area (Å²) in [6.45, 7) is 6.46. The van der Waals surface area contributed by atoms with Crippen LogP contribution < -0.4 is 10.9 Å². The number of pyridine rings is 1. The molecule has 1 aliphatic rings. The van der Waals surface area contributed by atoms with Crippen molar-refractivity contribution < 1.29 is 4.79 Å². The maximum atomic E-state index is 11.8. The summed E-state index contributed by atoms with van der Waals surface area (Å²) in [5, 5.41) is 3.45. The SMILES string of the molecule is CC(=O)N1CCN(Cc2ccccc2NCc2ccn(C)c(=O)c2)CC1. The normalized spacial score (nSPS) is 15.1. The molecule has 1 saturated heterocycles. The van der Waals surface area contributed by atoms with Crippen LogP contribution in [-0.2, 0) is 24.9 Å². The Bertz CT molecular complexity index is 823. The molecule has 1 fully saturated rings. The number of aromatic nitrogens is 1. The van der Waals surface area contributed by atoms with Gasteiger partial charge in [0.2, 0.25) is 5.91 Å². The molecule has 2 aromatic rings. The van der Waals surface area contributed by atoms with Crippen LogP contribution in [0.25, 0.3) is 0 Å². The van der Waals surface area contributed by atoms with Gasteiger partial charge in [-0.05, 0) is 23.3 Å². The monoisotopic (exact) mass is 354 g/mol. The van der Waals surface area contributed by atoms with Crippen LogP contribution in [0.2, 0.25) is 0 Å². The second kappa shape index (κ2) is 8.19. The Balaban J connectivity index is 1.62. The Kier molecular flexibility index (Phi) is 5.73. The second-order valence-electron chi connectivity index (χ2n) is 6.78. The van der Waals surface area contributed by atoms with E-state index >= 15 is 0 Å². The molecule has 0 atom stereocenters. The van der Waals surface area contributed by atoms with Gasteiger partial charge in [0, 0.05) is 71.2 Å². The molecule has 0 spiro atoms. The summed E-state index contributed by atoms with van der Waals surface area (Å²) in [6, 6.07) is 11.9. The largest absolute Gasteiger partial charge is 0.381 e. The van der Waals surface area contributed by atoms with E-state index in [9.17, 15) is 9.59 Å². The quantitative estimate of drug-likeness (QED) is 0.887. The van der Waals surface area contributed by atoms with Crippen LogP contribution in [0.4, 0.5) is 5.69 Å². The molecule has 1 aliphatic heterocycles. The van der Waals surface area contributed by atoms with Crippen molar-refractivity contribution in [3.63, 3.8) is 0 Å². The van der Waals surface area contributed by atoms with Crippen LogP contribution in [0.15, 0.2) is 47.4 Å². The number of para-hydroxylation sites is 1. The summed E-state index contributed by atoms with van der Waals surface area (Å²) < 4.78 is 1.57. The minimum absolute atomic E-state index is 0.000859. The van der Waals surface area contributed by atoms with Crippen LogP contribution >= 0.6 is 0 Å². The Hall–Kier alpha value is -2.60. The summed E-state index contributed by atoms with van der Waals surface area (Å²) in [5.74, 6) is 0.153. The number of hydrogen-bond donors (Lipinski definition) is 1. The zero-order valence-corrected chi connectivity index (χ0v) is 15.4. The highest BCUT2D eigenvalue weighted by atomic mass is 16.2. The van der Waals surface area contributed by atoms with Crippen molar-refractivity contribution in [1.82, 2.24) is 14.4 Å². The molecule has 1 aromatic heterocycles. The zero-order chi connectivity index (χ0) is 18.5. The van der Waals surface area contributed by atoms with Crippen molar-refractivity contribution in [2.75, 3.05) is 31.5 Å². The van der Waals surface area contributed by atoms with Gasteiger partial charge in [0.1, 0.15) is 0 Å². The first-order chi connectivity index (χ1) is 12.5. The number of nitrogens with one attached hydrogen (secondary N) is 1. The summed E-state index contributed by atoms with van der Waals surface area (Å²) in [5.41, 5.74) is 3.29. The highest BCUT2D eigenvalue weighted by Crippen LogP contribution is 2.19. The molecule has 138 valence electrons. The Labute approximate surface area is 154 Å². The number of carbonyl (C=O) groups excluding carboxylic acids is 1. The van der Waals surface area contributed by atoms with Crippen molar-refractivity contribution >= 4 is 11.6 Å². The smallest absolute Gasteiger partial charge is 0.250 e. The van der Waals surface area contributed by atoms with Crippen molar-refractivity contribution in [2.24, 2.45) is 7.05 Å². The molecule has 3 rings (SSSR count). The van der Waals surface area contributed by atoms with Gasteiger partial charge in [-0.15, -0.1) is 0 Å². The van der Waals surface area contributed by atoms with E-state index in [1.165, 1.54) is 5.56 Å². The molecule has 6 nitrogen and oxygen atoms in total. The first kappa shape index (κ1) is 18.2. The summed E-state index contributed by atoms with van der Waals surface area (Å²) in [7, 11) is 1.75. The lowest BCUT2D eigenvalue weighted by molar-refractivity contribution is -0.130. The number of amides is 1. The first-order valence-corrected chi connectivity index (χ1v) is 8.98. The van der Waals surface area contributed by atoms with Crippen LogP contribution in [0.3, 0.4) is 0 Å². The number of anilines is 1. The molecule has 0 unspecified atom stereocenters.